The van der Waals surface area contributed by atoms with Gasteiger partial charge in [0.05, 0.1) is 23.0 Å². The van der Waals surface area contributed by atoms with Crippen LogP contribution in [0.5, 0.6) is 0 Å². The van der Waals surface area contributed by atoms with Crippen molar-refractivity contribution in [1.82, 2.24) is 14.5 Å². The van der Waals surface area contributed by atoms with E-state index < -0.39 is 32.0 Å². The molecule has 186 valence electrons. The molecule has 0 fully saturated rings. The number of methoxy groups -OCH3 is 1. The molecule has 2 N–H and O–H groups in total. The summed E-state index contributed by atoms with van der Waals surface area (Å²) in [6, 6.07) is 14.5. The molecule has 0 bridgehead atoms. The first-order valence-corrected chi connectivity index (χ1v) is 13.4. The Labute approximate surface area is 216 Å². The minimum atomic E-state index is -4.29. The number of thioether (sulfide) groups is 1. The highest BCUT2D eigenvalue weighted by Crippen LogP contribution is 2.40. The summed E-state index contributed by atoms with van der Waals surface area (Å²) in [6.07, 6.45) is 7.79. The molecule has 1 aromatic carbocycles. The lowest BCUT2D eigenvalue weighted by Gasteiger charge is -2.23. The van der Waals surface area contributed by atoms with Crippen molar-refractivity contribution in [2.24, 2.45) is 0 Å². The van der Waals surface area contributed by atoms with Gasteiger partial charge < -0.3 is 10.5 Å². The molecule has 0 saturated carbocycles. The van der Waals surface area contributed by atoms with E-state index in [1.165, 1.54) is 25.4 Å². The molecular weight excluding hydrogens is 512 g/mol. The molecule has 0 unspecified atom stereocenters. The summed E-state index contributed by atoms with van der Waals surface area (Å²) in [6.45, 7) is 0. The first-order valence-electron chi connectivity index (χ1n) is 11.0. The van der Waals surface area contributed by atoms with Crippen molar-refractivity contribution in [2.75, 3.05) is 12.8 Å². The molecule has 37 heavy (non-hydrogen) atoms. The normalized spacial score (nSPS) is 15.9. The average molecular weight is 533 g/mol. The molecule has 1 aliphatic heterocycles. The Hall–Kier alpha value is -4.22. The van der Waals surface area contributed by atoms with Crippen LogP contribution in [0, 0.1) is 0 Å². The molecule has 1 atom stereocenters. The Balaban J connectivity index is 1.94. The van der Waals surface area contributed by atoms with Crippen LogP contribution in [-0.4, -0.2) is 41.9 Å². The maximum absolute atomic E-state index is 14.0. The topological polar surface area (TPSA) is 134 Å². The van der Waals surface area contributed by atoms with E-state index in [1.54, 1.807) is 67.1 Å². The molecule has 11 heteroatoms. The molecular formula is C26H20N4O5S2. The highest BCUT2D eigenvalue weighted by molar-refractivity contribution is 8.10. The summed E-state index contributed by atoms with van der Waals surface area (Å²) >= 11 is 0.967. The van der Waals surface area contributed by atoms with Crippen LogP contribution in [0.15, 0.2) is 89.3 Å². The molecule has 0 saturated heterocycles. The van der Waals surface area contributed by atoms with E-state index >= 15 is 0 Å². The van der Waals surface area contributed by atoms with Gasteiger partial charge in [0.15, 0.2) is 5.03 Å². The second kappa shape index (κ2) is 9.68. The molecule has 0 aliphatic carbocycles. The quantitative estimate of drug-likeness (QED) is 0.383. The van der Waals surface area contributed by atoms with Crippen molar-refractivity contribution < 1.29 is 22.7 Å². The van der Waals surface area contributed by atoms with Crippen molar-refractivity contribution in [3.63, 3.8) is 0 Å². The summed E-state index contributed by atoms with van der Waals surface area (Å²) in [5, 5.41) is -1.12. The highest BCUT2D eigenvalue weighted by Gasteiger charge is 2.40. The standard InChI is InChI=1S/C26H20N4O5S2/c1-35-26(32)23-21-19(13-16-7-5-11-28-14-16)20(27)25(37(33,34)18-9-3-2-4-10-18)30(21)24(31)22(36-23)17-8-6-12-29-15-17/h2-15,22H,27H2,1H3/b19-13+/t22-/m1/s1. The van der Waals surface area contributed by atoms with Crippen molar-refractivity contribution in [1.29, 1.82) is 0 Å². The third kappa shape index (κ3) is 4.21. The number of ether oxygens (including phenoxy) is 1. The fraction of sp³-hybridized carbons (Fsp3) is 0.0769. The number of carbonyl (C=O) groups is 2. The zero-order valence-electron chi connectivity index (χ0n) is 19.4. The fourth-order valence-corrected chi connectivity index (χ4v) is 6.86. The molecule has 4 aromatic rings. The summed E-state index contributed by atoms with van der Waals surface area (Å²) in [5.41, 5.74) is 7.45. The number of esters is 1. The van der Waals surface area contributed by atoms with E-state index in [-0.39, 0.29) is 26.1 Å². The van der Waals surface area contributed by atoms with Gasteiger partial charge in [-0.3, -0.25) is 19.3 Å². The van der Waals surface area contributed by atoms with Crippen molar-refractivity contribution in [3.05, 3.63) is 101 Å². The second-order valence-corrected chi connectivity index (χ2v) is 11.0. The third-order valence-electron chi connectivity index (χ3n) is 5.76. The van der Waals surface area contributed by atoms with Crippen LogP contribution < -0.4 is 16.3 Å². The second-order valence-electron chi connectivity index (χ2n) is 8.01. The fourth-order valence-electron chi connectivity index (χ4n) is 4.09. The van der Waals surface area contributed by atoms with E-state index in [9.17, 15) is 18.0 Å². The highest BCUT2D eigenvalue weighted by atomic mass is 32.2. The van der Waals surface area contributed by atoms with E-state index in [1.807, 2.05) is 0 Å². The van der Waals surface area contributed by atoms with Gasteiger partial charge in [0.2, 0.25) is 15.7 Å². The maximum atomic E-state index is 14.0. The van der Waals surface area contributed by atoms with Crippen LogP contribution in [0.2, 0.25) is 0 Å². The number of hydrogen-bond acceptors (Lipinski definition) is 9. The van der Waals surface area contributed by atoms with Crippen LogP contribution in [0.25, 0.3) is 11.0 Å². The van der Waals surface area contributed by atoms with Crippen LogP contribution in [-0.2, 0) is 19.4 Å². The lowest BCUT2D eigenvalue weighted by Crippen LogP contribution is -2.42. The monoisotopic (exact) mass is 532 g/mol. The lowest BCUT2D eigenvalue weighted by molar-refractivity contribution is -0.133. The number of fused-ring (bicyclic) bond motifs is 1. The number of benzene rings is 1. The predicted octanol–water partition coefficient (Wildman–Crippen LogP) is 1.93. The summed E-state index contributed by atoms with van der Waals surface area (Å²) in [7, 11) is -3.07. The third-order valence-corrected chi connectivity index (χ3v) is 8.87. The molecule has 0 radical (unpaired) electrons. The first kappa shape index (κ1) is 24.5. The van der Waals surface area contributed by atoms with Gasteiger partial charge in [-0.05, 0) is 41.5 Å². The summed E-state index contributed by atoms with van der Waals surface area (Å²) in [4.78, 5) is 35.2. The largest absolute Gasteiger partial charge is 0.465 e. The van der Waals surface area contributed by atoms with Gasteiger partial charge in [0, 0.05) is 30.0 Å². The Kier molecular flexibility index (Phi) is 6.40. The van der Waals surface area contributed by atoms with Crippen molar-refractivity contribution in [3.8, 4) is 0 Å². The Morgan fingerprint density at radius 3 is 2.38 bits per heavy atom. The predicted molar refractivity (Wildman–Crippen MR) is 138 cm³/mol. The van der Waals surface area contributed by atoms with Crippen molar-refractivity contribution in [2.45, 2.75) is 15.2 Å². The smallest absolute Gasteiger partial charge is 0.346 e. The molecule has 4 heterocycles. The average Bonchev–Trinajstić information content (AvgIpc) is 3.23. The Bertz CT molecular complexity index is 1740. The number of nitrogens with two attached hydrogens (primary N) is 1. The van der Waals surface area contributed by atoms with E-state index in [0.717, 1.165) is 16.3 Å². The lowest BCUT2D eigenvalue weighted by atomic mass is 10.2. The number of rotatable bonds is 5. The van der Waals surface area contributed by atoms with Gasteiger partial charge in [-0.2, -0.15) is 0 Å². The number of anilines is 1. The number of nitrogen functional groups attached to an aromatic ring is 1. The first-order chi connectivity index (χ1) is 17.8. The zero-order chi connectivity index (χ0) is 26.2. The zero-order valence-corrected chi connectivity index (χ0v) is 21.1. The molecule has 3 aromatic heterocycles. The summed E-state index contributed by atoms with van der Waals surface area (Å²) < 4.78 is 33.9. The van der Waals surface area contributed by atoms with Gasteiger partial charge in [0.1, 0.15) is 10.2 Å². The van der Waals surface area contributed by atoms with Gasteiger partial charge in [-0.1, -0.05) is 42.1 Å². The number of nitrogens with zero attached hydrogens (tertiary/aromatic N) is 3. The van der Waals surface area contributed by atoms with Gasteiger partial charge >= 0.3 is 5.97 Å². The Morgan fingerprint density at radius 2 is 1.76 bits per heavy atom. The van der Waals surface area contributed by atoms with Gasteiger partial charge in [0.25, 0.3) is 0 Å². The molecule has 5 rings (SSSR count). The molecule has 1 aliphatic rings. The van der Waals surface area contributed by atoms with Crippen LogP contribution in [0.4, 0.5) is 5.69 Å². The number of carbonyl (C=O) groups excluding carboxylic acids is 2. The van der Waals surface area contributed by atoms with Gasteiger partial charge in [-0.25, -0.2) is 13.2 Å². The van der Waals surface area contributed by atoms with Crippen molar-refractivity contribution >= 4 is 50.1 Å². The Morgan fingerprint density at radius 1 is 1.05 bits per heavy atom. The molecule has 0 spiro atoms. The molecule has 0 amide bonds. The van der Waals surface area contributed by atoms with Crippen LogP contribution >= 0.6 is 11.8 Å². The SMILES string of the molecule is COC(=O)C1=c2/c(=C/c3cccnc3)c(N)c(S(=O)(=O)c3ccccc3)n2C(=O)[C@@H](c2cccnc2)S1. The van der Waals surface area contributed by atoms with E-state index in [4.69, 9.17) is 10.5 Å². The number of pyridine rings is 2. The number of sulfone groups is 1. The van der Waals surface area contributed by atoms with Crippen LogP contribution in [0.1, 0.15) is 21.2 Å². The minimum absolute atomic E-state index is 0.0431. The maximum Gasteiger partial charge on any atom is 0.346 e. The minimum Gasteiger partial charge on any atom is -0.465 e. The van der Waals surface area contributed by atoms with E-state index in [0.29, 0.717) is 11.1 Å². The van der Waals surface area contributed by atoms with Gasteiger partial charge in [-0.15, -0.1) is 0 Å². The summed E-state index contributed by atoms with van der Waals surface area (Å²) in [5.74, 6) is -1.30. The number of aromatic nitrogens is 3. The molecule has 9 nitrogen and oxygen atoms in total. The number of hydrogen-bond donors (Lipinski definition) is 1. The van der Waals surface area contributed by atoms with Crippen LogP contribution in [0.3, 0.4) is 0 Å². The van der Waals surface area contributed by atoms with E-state index in [2.05, 4.69) is 9.97 Å².